The average molecular weight is 603 g/mol. The van der Waals surface area contributed by atoms with E-state index in [9.17, 15) is 0 Å². The highest BCUT2D eigenvalue weighted by molar-refractivity contribution is 7.18. The Balaban J connectivity index is 1.43. The first-order valence-electron chi connectivity index (χ1n) is 15.7. The summed E-state index contributed by atoms with van der Waals surface area (Å²) in [5.41, 5.74) is 9.35. The summed E-state index contributed by atoms with van der Waals surface area (Å²) in [6, 6.07) is 54.8. The maximum atomic E-state index is 6.65. The number of hydrogen-bond acceptors (Lipinski definition) is 2. The van der Waals surface area contributed by atoms with Crippen molar-refractivity contribution in [1.82, 2.24) is 0 Å². The predicted molar refractivity (Wildman–Crippen MR) is 198 cm³/mol. The molecule has 10 aromatic rings. The van der Waals surface area contributed by atoms with Crippen molar-refractivity contribution in [2.24, 2.45) is 0 Å². The lowest BCUT2D eigenvalue weighted by Crippen LogP contribution is -1.92. The van der Waals surface area contributed by atoms with E-state index in [1.165, 1.54) is 81.2 Å². The van der Waals surface area contributed by atoms with Gasteiger partial charge in [-0.25, -0.2) is 0 Å². The number of benzene rings is 8. The number of thiophene rings is 1. The highest BCUT2D eigenvalue weighted by atomic mass is 32.1. The molecule has 0 amide bonds. The van der Waals surface area contributed by atoms with Crippen LogP contribution in [0.15, 0.2) is 161 Å². The zero-order valence-electron chi connectivity index (χ0n) is 24.8. The lowest BCUT2D eigenvalue weighted by Gasteiger charge is -2.19. The molecule has 8 aromatic carbocycles. The molecule has 0 N–H and O–H groups in total. The lowest BCUT2D eigenvalue weighted by molar-refractivity contribution is 0.669. The SMILES string of the molecule is c1ccc(-c2csc3c(-c4c5ccccc5c(-c5cccc6ccccc56)c5ccccc45)c4c(cc23)oc2ccccc24)cc1. The molecule has 214 valence electrons. The Labute approximate surface area is 269 Å². The Kier molecular flexibility index (Phi) is 5.51. The fourth-order valence-electron chi connectivity index (χ4n) is 7.58. The third kappa shape index (κ3) is 3.62. The van der Waals surface area contributed by atoms with Crippen molar-refractivity contribution >= 4 is 75.7 Å². The van der Waals surface area contributed by atoms with Crippen LogP contribution in [0, 0.1) is 0 Å². The van der Waals surface area contributed by atoms with Gasteiger partial charge in [-0.1, -0.05) is 140 Å². The van der Waals surface area contributed by atoms with Crippen LogP contribution in [-0.4, -0.2) is 0 Å². The maximum absolute atomic E-state index is 6.65. The second-order valence-electron chi connectivity index (χ2n) is 12.0. The van der Waals surface area contributed by atoms with E-state index in [-0.39, 0.29) is 0 Å². The molecule has 0 aliphatic heterocycles. The third-order valence-electron chi connectivity index (χ3n) is 9.53. The van der Waals surface area contributed by atoms with E-state index in [0.717, 1.165) is 16.6 Å². The first kappa shape index (κ1) is 25.6. The fraction of sp³-hybridized carbons (Fsp3) is 0. The number of fused-ring (bicyclic) bond motifs is 7. The third-order valence-corrected chi connectivity index (χ3v) is 10.5. The molecule has 2 heterocycles. The van der Waals surface area contributed by atoms with E-state index in [4.69, 9.17) is 4.42 Å². The summed E-state index contributed by atoms with van der Waals surface area (Å²) in [7, 11) is 0. The second kappa shape index (κ2) is 9.90. The van der Waals surface area contributed by atoms with Crippen molar-refractivity contribution in [1.29, 1.82) is 0 Å². The van der Waals surface area contributed by atoms with Gasteiger partial charge < -0.3 is 4.42 Å². The van der Waals surface area contributed by atoms with Crippen LogP contribution in [0.5, 0.6) is 0 Å². The molecule has 0 aliphatic carbocycles. The molecule has 0 saturated heterocycles. The molecule has 0 atom stereocenters. The summed E-state index contributed by atoms with van der Waals surface area (Å²) in [5, 5.41) is 13.4. The molecule has 46 heavy (non-hydrogen) atoms. The van der Waals surface area contributed by atoms with Gasteiger partial charge in [0.2, 0.25) is 0 Å². The van der Waals surface area contributed by atoms with E-state index in [0.29, 0.717) is 0 Å². The average Bonchev–Trinajstić information content (AvgIpc) is 3.71. The minimum absolute atomic E-state index is 0.915. The molecule has 2 aromatic heterocycles. The summed E-state index contributed by atoms with van der Waals surface area (Å²) in [6.45, 7) is 0. The number of hydrogen-bond donors (Lipinski definition) is 0. The molecule has 0 spiro atoms. The van der Waals surface area contributed by atoms with Crippen molar-refractivity contribution in [2.75, 3.05) is 0 Å². The summed E-state index contributed by atoms with van der Waals surface area (Å²) in [5.74, 6) is 0. The molecular weight excluding hydrogens is 577 g/mol. The highest BCUT2D eigenvalue weighted by Crippen LogP contribution is 2.52. The van der Waals surface area contributed by atoms with Crippen LogP contribution < -0.4 is 0 Å². The van der Waals surface area contributed by atoms with Crippen LogP contribution >= 0.6 is 11.3 Å². The van der Waals surface area contributed by atoms with E-state index in [1.54, 1.807) is 0 Å². The minimum atomic E-state index is 0.915. The first-order chi connectivity index (χ1) is 22.8. The van der Waals surface area contributed by atoms with Crippen LogP contribution in [0.3, 0.4) is 0 Å². The maximum Gasteiger partial charge on any atom is 0.136 e. The molecule has 0 saturated carbocycles. The molecule has 0 aliphatic rings. The zero-order chi connectivity index (χ0) is 30.2. The molecule has 2 heteroatoms. The highest BCUT2D eigenvalue weighted by Gasteiger charge is 2.24. The monoisotopic (exact) mass is 602 g/mol. The fourth-order valence-corrected chi connectivity index (χ4v) is 8.70. The Bertz CT molecular complexity index is 2740. The molecule has 0 unspecified atom stereocenters. The second-order valence-corrected chi connectivity index (χ2v) is 12.9. The molecule has 0 bridgehead atoms. The number of rotatable bonds is 3. The van der Waals surface area contributed by atoms with E-state index >= 15 is 0 Å². The summed E-state index contributed by atoms with van der Waals surface area (Å²) in [4.78, 5) is 0. The minimum Gasteiger partial charge on any atom is -0.456 e. The Morgan fingerprint density at radius 3 is 1.72 bits per heavy atom. The Morgan fingerprint density at radius 2 is 0.978 bits per heavy atom. The standard InChI is InChI=1S/C44H26OS/c1-2-13-28(14-3-1)37-26-46-44-36(37)25-39-42(35-22-10-11-24-38(35)45-39)43(44)41-33-20-8-6-18-31(33)40(32-19-7-9-21-34(32)41)30-23-12-16-27-15-4-5-17-29(27)30/h1-26H. The van der Waals surface area contributed by atoms with Gasteiger partial charge in [0.1, 0.15) is 11.2 Å². The van der Waals surface area contributed by atoms with Gasteiger partial charge in [0.25, 0.3) is 0 Å². The predicted octanol–water partition coefficient (Wildman–Crippen LogP) is 13.3. The number of para-hydroxylation sites is 1. The Hall–Kier alpha value is -5.70. The van der Waals surface area contributed by atoms with Crippen molar-refractivity contribution in [3.63, 3.8) is 0 Å². The molecule has 10 rings (SSSR count). The summed E-state index contributed by atoms with van der Waals surface area (Å²) >= 11 is 1.83. The van der Waals surface area contributed by atoms with Gasteiger partial charge in [-0.05, 0) is 72.1 Å². The number of furan rings is 1. The van der Waals surface area contributed by atoms with Crippen LogP contribution in [-0.2, 0) is 0 Å². The van der Waals surface area contributed by atoms with Crippen LogP contribution in [0.1, 0.15) is 0 Å². The molecule has 0 radical (unpaired) electrons. The quantitative estimate of drug-likeness (QED) is 0.183. The van der Waals surface area contributed by atoms with Gasteiger partial charge in [0.05, 0.1) is 0 Å². The van der Waals surface area contributed by atoms with Gasteiger partial charge in [-0.3, -0.25) is 0 Å². The van der Waals surface area contributed by atoms with Crippen molar-refractivity contribution in [2.45, 2.75) is 0 Å². The van der Waals surface area contributed by atoms with Crippen molar-refractivity contribution in [3.05, 3.63) is 157 Å². The van der Waals surface area contributed by atoms with Crippen molar-refractivity contribution < 1.29 is 4.42 Å². The smallest absolute Gasteiger partial charge is 0.136 e. The van der Waals surface area contributed by atoms with Crippen molar-refractivity contribution in [3.8, 4) is 33.4 Å². The summed E-state index contributed by atoms with van der Waals surface area (Å²) < 4.78 is 7.94. The van der Waals surface area contributed by atoms with Gasteiger partial charge in [-0.2, -0.15) is 0 Å². The van der Waals surface area contributed by atoms with Crippen LogP contribution in [0.25, 0.3) is 97.7 Å². The molecular formula is C44H26OS. The largest absolute Gasteiger partial charge is 0.456 e. The van der Waals surface area contributed by atoms with Crippen LogP contribution in [0.2, 0.25) is 0 Å². The van der Waals surface area contributed by atoms with E-state index in [2.05, 4.69) is 157 Å². The molecule has 0 fully saturated rings. The summed E-state index contributed by atoms with van der Waals surface area (Å²) in [6.07, 6.45) is 0. The topological polar surface area (TPSA) is 13.1 Å². The first-order valence-corrected chi connectivity index (χ1v) is 16.6. The lowest BCUT2D eigenvalue weighted by atomic mass is 9.83. The van der Waals surface area contributed by atoms with Gasteiger partial charge in [-0.15, -0.1) is 11.3 Å². The van der Waals surface area contributed by atoms with Crippen LogP contribution in [0.4, 0.5) is 0 Å². The normalized spacial score (nSPS) is 11.9. The van der Waals surface area contributed by atoms with Gasteiger partial charge in [0.15, 0.2) is 0 Å². The van der Waals surface area contributed by atoms with E-state index in [1.807, 2.05) is 11.3 Å². The van der Waals surface area contributed by atoms with Gasteiger partial charge >= 0.3 is 0 Å². The molecule has 1 nitrogen and oxygen atoms in total. The Morgan fingerprint density at radius 1 is 0.391 bits per heavy atom. The van der Waals surface area contributed by atoms with Gasteiger partial charge in [0, 0.05) is 32.0 Å². The zero-order valence-corrected chi connectivity index (χ0v) is 25.6. The van der Waals surface area contributed by atoms with E-state index < -0.39 is 0 Å².